The zero-order valence-corrected chi connectivity index (χ0v) is 11.5. The van der Waals surface area contributed by atoms with Crippen LogP contribution in [0.1, 0.15) is 13.8 Å². The lowest BCUT2D eigenvalue weighted by Crippen LogP contribution is -2.39. The van der Waals surface area contributed by atoms with Crippen molar-refractivity contribution in [2.24, 2.45) is 11.7 Å². The molecule has 88 valence electrons. The van der Waals surface area contributed by atoms with Gasteiger partial charge in [0.15, 0.2) is 0 Å². The standard InChI is InChI=1S/C11H14BrClN2O/c1-6(2)10(14)11(16)15-9-5-7(13)3-4-8(9)12/h3-6,10H,14H2,1-2H3,(H,15,16)/t10-/m1/s1. The molecule has 1 rings (SSSR count). The van der Waals surface area contributed by atoms with Crippen LogP contribution in [0.4, 0.5) is 5.69 Å². The molecule has 3 N–H and O–H groups in total. The Morgan fingerprint density at radius 2 is 2.12 bits per heavy atom. The van der Waals surface area contributed by atoms with Gasteiger partial charge in [0, 0.05) is 9.50 Å². The van der Waals surface area contributed by atoms with Crippen LogP contribution in [0.3, 0.4) is 0 Å². The molecular formula is C11H14BrClN2O. The first kappa shape index (κ1) is 13.5. The van der Waals surface area contributed by atoms with Crippen LogP contribution >= 0.6 is 27.5 Å². The number of nitrogens with two attached hydrogens (primary N) is 1. The van der Waals surface area contributed by atoms with E-state index in [1.54, 1.807) is 18.2 Å². The van der Waals surface area contributed by atoms with Gasteiger partial charge in [-0.05, 0) is 40.0 Å². The minimum Gasteiger partial charge on any atom is -0.324 e. The molecule has 16 heavy (non-hydrogen) atoms. The minimum absolute atomic E-state index is 0.0953. The van der Waals surface area contributed by atoms with E-state index in [9.17, 15) is 4.79 Å². The number of nitrogens with one attached hydrogen (secondary N) is 1. The lowest BCUT2D eigenvalue weighted by molar-refractivity contribution is -0.118. The fourth-order valence-corrected chi connectivity index (χ4v) is 1.63. The molecule has 1 aromatic rings. The second kappa shape index (κ2) is 5.66. The van der Waals surface area contributed by atoms with E-state index in [2.05, 4.69) is 21.2 Å². The third-order valence-corrected chi connectivity index (χ3v) is 3.13. The van der Waals surface area contributed by atoms with Gasteiger partial charge in [0.25, 0.3) is 0 Å². The molecule has 0 heterocycles. The van der Waals surface area contributed by atoms with E-state index in [0.29, 0.717) is 10.7 Å². The first-order valence-electron chi connectivity index (χ1n) is 4.93. The lowest BCUT2D eigenvalue weighted by atomic mass is 10.1. The fraction of sp³-hybridized carbons (Fsp3) is 0.364. The van der Waals surface area contributed by atoms with Crippen molar-refractivity contribution >= 4 is 39.1 Å². The van der Waals surface area contributed by atoms with Gasteiger partial charge in [0.05, 0.1) is 11.7 Å². The predicted octanol–water partition coefficient (Wildman–Crippen LogP) is 3.02. The fourth-order valence-electron chi connectivity index (χ4n) is 1.11. The van der Waals surface area contributed by atoms with E-state index < -0.39 is 6.04 Å². The summed E-state index contributed by atoms with van der Waals surface area (Å²) in [5, 5.41) is 3.30. The van der Waals surface area contributed by atoms with Crippen molar-refractivity contribution in [3.05, 3.63) is 27.7 Å². The number of carbonyl (C=O) groups excluding carboxylic acids is 1. The molecule has 1 aromatic carbocycles. The van der Waals surface area contributed by atoms with Crippen LogP contribution in [-0.4, -0.2) is 11.9 Å². The maximum atomic E-state index is 11.7. The summed E-state index contributed by atoms with van der Waals surface area (Å²) in [6.45, 7) is 3.80. The summed E-state index contributed by atoms with van der Waals surface area (Å²) in [6, 6.07) is 4.67. The monoisotopic (exact) mass is 304 g/mol. The Hall–Kier alpha value is -0.580. The molecule has 0 bridgehead atoms. The summed E-state index contributed by atoms with van der Waals surface area (Å²) in [5.74, 6) is -0.115. The molecule has 0 saturated carbocycles. The van der Waals surface area contributed by atoms with Gasteiger partial charge in [-0.2, -0.15) is 0 Å². The van der Waals surface area contributed by atoms with Crippen molar-refractivity contribution < 1.29 is 4.79 Å². The Morgan fingerprint density at radius 3 is 2.69 bits per heavy atom. The largest absolute Gasteiger partial charge is 0.324 e. The summed E-state index contributed by atoms with van der Waals surface area (Å²) in [5.41, 5.74) is 6.37. The van der Waals surface area contributed by atoms with Crippen LogP contribution in [0.2, 0.25) is 5.02 Å². The topological polar surface area (TPSA) is 55.1 Å². The summed E-state index contributed by atoms with van der Waals surface area (Å²) >= 11 is 9.17. The second-order valence-corrected chi connectivity index (χ2v) is 5.17. The number of hydrogen-bond acceptors (Lipinski definition) is 2. The highest BCUT2D eigenvalue weighted by Gasteiger charge is 2.17. The molecule has 5 heteroatoms. The maximum Gasteiger partial charge on any atom is 0.241 e. The number of halogens is 2. The van der Waals surface area contributed by atoms with Crippen molar-refractivity contribution in [1.82, 2.24) is 0 Å². The van der Waals surface area contributed by atoms with Gasteiger partial charge in [-0.15, -0.1) is 0 Å². The molecule has 0 fully saturated rings. The maximum absolute atomic E-state index is 11.7. The van der Waals surface area contributed by atoms with Crippen molar-refractivity contribution in [3.8, 4) is 0 Å². The van der Waals surface area contributed by atoms with Gasteiger partial charge in [-0.25, -0.2) is 0 Å². The molecule has 0 aliphatic rings. The Labute approximate surface area is 108 Å². The van der Waals surface area contributed by atoms with Crippen molar-refractivity contribution in [2.75, 3.05) is 5.32 Å². The van der Waals surface area contributed by atoms with Gasteiger partial charge in [-0.3, -0.25) is 4.79 Å². The van der Waals surface area contributed by atoms with Gasteiger partial charge >= 0.3 is 0 Å². The lowest BCUT2D eigenvalue weighted by Gasteiger charge is -2.16. The average molecular weight is 306 g/mol. The number of carbonyl (C=O) groups is 1. The van der Waals surface area contributed by atoms with E-state index in [4.69, 9.17) is 17.3 Å². The van der Waals surface area contributed by atoms with Crippen LogP contribution in [0, 0.1) is 5.92 Å². The molecule has 0 aromatic heterocycles. The van der Waals surface area contributed by atoms with Crippen LogP contribution in [-0.2, 0) is 4.79 Å². The summed E-state index contributed by atoms with van der Waals surface area (Å²) < 4.78 is 0.779. The smallest absolute Gasteiger partial charge is 0.241 e. The number of hydrogen-bond donors (Lipinski definition) is 2. The zero-order valence-electron chi connectivity index (χ0n) is 9.13. The predicted molar refractivity (Wildman–Crippen MR) is 70.6 cm³/mol. The summed E-state index contributed by atoms with van der Waals surface area (Å²) in [4.78, 5) is 11.7. The molecule has 0 unspecified atom stereocenters. The molecule has 1 amide bonds. The first-order chi connectivity index (χ1) is 7.41. The second-order valence-electron chi connectivity index (χ2n) is 3.88. The zero-order chi connectivity index (χ0) is 12.3. The van der Waals surface area contributed by atoms with Crippen LogP contribution in [0.15, 0.2) is 22.7 Å². The average Bonchev–Trinajstić information content (AvgIpc) is 2.22. The Kier molecular flexibility index (Phi) is 4.77. The normalized spacial score (nSPS) is 12.6. The number of benzene rings is 1. The van der Waals surface area contributed by atoms with Crippen LogP contribution in [0.25, 0.3) is 0 Å². The number of rotatable bonds is 3. The molecule has 0 radical (unpaired) electrons. The van der Waals surface area contributed by atoms with E-state index in [1.165, 1.54) is 0 Å². The van der Waals surface area contributed by atoms with E-state index in [1.807, 2.05) is 13.8 Å². The summed E-state index contributed by atoms with van der Waals surface area (Å²) in [7, 11) is 0. The quantitative estimate of drug-likeness (QED) is 0.902. The Balaban J connectivity index is 2.80. The molecular weight excluding hydrogens is 291 g/mol. The van der Waals surface area contributed by atoms with Gasteiger partial charge < -0.3 is 11.1 Å². The number of amides is 1. The Morgan fingerprint density at radius 1 is 1.50 bits per heavy atom. The molecule has 3 nitrogen and oxygen atoms in total. The minimum atomic E-state index is -0.522. The van der Waals surface area contributed by atoms with Crippen LogP contribution in [0.5, 0.6) is 0 Å². The molecule has 0 spiro atoms. The Bertz CT molecular complexity index is 396. The highest BCUT2D eigenvalue weighted by atomic mass is 79.9. The van der Waals surface area contributed by atoms with Gasteiger partial charge in [0.2, 0.25) is 5.91 Å². The molecule has 0 aliphatic heterocycles. The van der Waals surface area contributed by atoms with Gasteiger partial charge in [-0.1, -0.05) is 25.4 Å². The highest BCUT2D eigenvalue weighted by molar-refractivity contribution is 9.10. The number of anilines is 1. The first-order valence-corrected chi connectivity index (χ1v) is 6.10. The van der Waals surface area contributed by atoms with Crippen molar-refractivity contribution in [3.63, 3.8) is 0 Å². The molecule has 1 atom stereocenters. The van der Waals surface area contributed by atoms with Crippen molar-refractivity contribution in [1.29, 1.82) is 0 Å². The third kappa shape index (κ3) is 3.47. The third-order valence-electron chi connectivity index (χ3n) is 2.21. The highest BCUT2D eigenvalue weighted by Crippen LogP contribution is 2.26. The SMILES string of the molecule is CC(C)[C@@H](N)C(=O)Nc1cc(Cl)ccc1Br. The van der Waals surface area contributed by atoms with Crippen LogP contribution < -0.4 is 11.1 Å². The van der Waals surface area contributed by atoms with E-state index in [0.717, 1.165) is 4.47 Å². The summed E-state index contributed by atoms with van der Waals surface area (Å²) in [6.07, 6.45) is 0. The van der Waals surface area contributed by atoms with E-state index in [-0.39, 0.29) is 11.8 Å². The van der Waals surface area contributed by atoms with Crippen molar-refractivity contribution in [2.45, 2.75) is 19.9 Å². The van der Waals surface area contributed by atoms with E-state index >= 15 is 0 Å². The van der Waals surface area contributed by atoms with Gasteiger partial charge in [0.1, 0.15) is 0 Å². The molecule has 0 aliphatic carbocycles. The molecule has 0 saturated heterocycles.